The van der Waals surface area contributed by atoms with E-state index in [9.17, 15) is 13.6 Å². The van der Waals surface area contributed by atoms with Gasteiger partial charge >= 0.3 is 0 Å². The lowest BCUT2D eigenvalue weighted by Crippen LogP contribution is -2.35. The fourth-order valence-corrected chi connectivity index (χ4v) is 2.10. The Labute approximate surface area is 109 Å². The van der Waals surface area contributed by atoms with E-state index in [4.69, 9.17) is 5.11 Å². The van der Waals surface area contributed by atoms with Gasteiger partial charge in [-0.05, 0) is 25.1 Å². The molecule has 0 unspecified atom stereocenters. The summed E-state index contributed by atoms with van der Waals surface area (Å²) < 4.78 is 25.5. The van der Waals surface area contributed by atoms with Crippen LogP contribution in [0.25, 0.3) is 0 Å². The minimum Gasteiger partial charge on any atom is -0.394 e. The van der Waals surface area contributed by atoms with Crippen LogP contribution in [0, 0.1) is 11.6 Å². The lowest BCUT2D eigenvalue weighted by molar-refractivity contribution is -0.121. The largest absolute Gasteiger partial charge is 0.394 e. The molecule has 0 spiro atoms. The predicted octanol–water partition coefficient (Wildman–Crippen LogP) is 1.94. The molecule has 2 N–H and O–H groups in total. The average Bonchev–Trinajstić information content (AvgIpc) is 2.33. The third kappa shape index (κ3) is 5.01. The molecule has 1 atom stereocenters. The maximum absolute atomic E-state index is 12.9. The van der Waals surface area contributed by atoms with E-state index in [1.807, 2.05) is 0 Å². The Morgan fingerprint density at radius 1 is 1.44 bits per heavy atom. The zero-order valence-corrected chi connectivity index (χ0v) is 10.8. The van der Waals surface area contributed by atoms with Crippen molar-refractivity contribution in [3.8, 4) is 0 Å². The van der Waals surface area contributed by atoms with Gasteiger partial charge in [-0.1, -0.05) is 0 Å². The number of carbonyl (C=O) groups excluding carboxylic acids is 1. The first-order valence-electron chi connectivity index (χ1n) is 5.51. The molecule has 3 nitrogen and oxygen atoms in total. The molecule has 0 heterocycles. The number of benzene rings is 1. The topological polar surface area (TPSA) is 49.3 Å². The highest BCUT2D eigenvalue weighted by Gasteiger charge is 2.07. The van der Waals surface area contributed by atoms with Gasteiger partial charge in [-0.15, -0.1) is 11.8 Å². The average molecular weight is 275 g/mol. The van der Waals surface area contributed by atoms with Crippen LogP contribution in [0.4, 0.5) is 8.78 Å². The fraction of sp³-hybridized carbons (Fsp3) is 0.417. The van der Waals surface area contributed by atoms with Gasteiger partial charge < -0.3 is 10.4 Å². The summed E-state index contributed by atoms with van der Waals surface area (Å²) in [6.45, 7) is 1.59. The third-order valence-electron chi connectivity index (χ3n) is 2.17. The zero-order chi connectivity index (χ0) is 13.5. The van der Waals surface area contributed by atoms with Gasteiger partial charge in [0.1, 0.15) is 0 Å². The molecule has 0 saturated heterocycles. The summed E-state index contributed by atoms with van der Waals surface area (Å²) in [4.78, 5) is 11.9. The molecule has 1 aromatic carbocycles. The molecule has 0 aromatic heterocycles. The smallest absolute Gasteiger partial charge is 0.221 e. The molecule has 0 aliphatic carbocycles. The molecule has 100 valence electrons. The van der Waals surface area contributed by atoms with Gasteiger partial charge in [-0.2, -0.15) is 0 Å². The van der Waals surface area contributed by atoms with Crippen LogP contribution in [0.2, 0.25) is 0 Å². The Morgan fingerprint density at radius 2 is 2.17 bits per heavy atom. The molecule has 0 bridgehead atoms. The number of aliphatic hydroxyl groups is 1. The monoisotopic (exact) mass is 275 g/mol. The second-order valence-corrected chi connectivity index (χ2v) is 4.99. The minimum atomic E-state index is -0.890. The van der Waals surface area contributed by atoms with Crippen LogP contribution in [0.15, 0.2) is 23.1 Å². The Bertz CT molecular complexity index is 415. The number of rotatable bonds is 6. The molecule has 0 aliphatic rings. The molecular formula is C12H15F2NO2S. The molecule has 0 aliphatic heterocycles. The van der Waals surface area contributed by atoms with Crippen LogP contribution in [-0.4, -0.2) is 29.4 Å². The Balaban J connectivity index is 2.33. The van der Waals surface area contributed by atoms with Gasteiger partial charge in [-0.3, -0.25) is 4.79 Å². The van der Waals surface area contributed by atoms with E-state index in [1.165, 1.54) is 17.8 Å². The Morgan fingerprint density at radius 3 is 2.78 bits per heavy atom. The van der Waals surface area contributed by atoms with E-state index >= 15 is 0 Å². The van der Waals surface area contributed by atoms with Crippen LogP contribution in [0.3, 0.4) is 0 Å². The maximum atomic E-state index is 12.9. The summed E-state index contributed by atoms with van der Waals surface area (Å²) in [5.74, 6) is -1.48. The minimum absolute atomic E-state index is 0.109. The Hall–Kier alpha value is -1.14. The first-order valence-corrected chi connectivity index (χ1v) is 6.49. The number of aliphatic hydroxyl groups excluding tert-OH is 1. The number of carbonyl (C=O) groups is 1. The first-order chi connectivity index (χ1) is 8.52. The van der Waals surface area contributed by atoms with Gasteiger partial charge in [0.15, 0.2) is 11.6 Å². The molecule has 1 amide bonds. The standard InChI is InChI=1S/C12H15F2NO2S/c1-8(7-16)15-12(17)4-5-18-9-2-3-10(13)11(14)6-9/h2-3,6,8,16H,4-5,7H2,1H3,(H,15,17)/t8-/m0/s1. The summed E-state index contributed by atoms with van der Waals surface area (Å²) in [6.07, 6.45) is 0.258. The van der Waals surface area contributed by atoms with Crippen molar-refractivity contribution in [1.29, 1.82) is 0 Å². The summed E-state index contributed by atoms with van der Waals surface area (Å²) in [5, 5.41) is 11.3. The highest BCUT2D eigenvalue weighted by molar-refractivity contribution is 7.99. The molecule has 1 aromatic rings. The SMILES string of the molecule is C[C@@H](CO)NC(=O)CCSc1ccc(F)c(F)c1. The molecule has 18 heavy (non-hydrogen) atoms. The van der Waals surface area contributed by atoms with Crippen molar-refractivity contribution in [3.05, 3.63) is 29.8 Å². The summed E-state index contributed by atoms with van der Waals surface area (Å²) in [5.41, 5.74) is 0. The van der Waals surface area contributed by atoms with Crippen LogP contribution in [-0.2, 0) is 4.79 Å². The number of nitrogens with one attached hydrogen (secondary N) is 1. The van der Waals surface area contributed by atoms with E-state index in [0.717, 1.165) is 12.1 Å². The van der Waals surface area contributed by atoms with Gasteiger partial charge in [-0.25, -0.2) is 8.78 Å². The normalized spacial score (nSPS) is 12.2. The van der Waals surface area contributed by atoms with Gasteiger partial charge in [0, 0.05) is 23.1 Å². The van der Waals surface area contributed by atoms with Crippen LogP contribution >= 0.6 is 11.8 Å². The number of halogens is 2. The lowest BCUT2D eigenvalue weighted by atomic mass is 10.3. The fourth-order valence-electron chi connectivity index (χ4n) is 1.22. The quantitative estimate of drug-likeness (QED) is 0.780. The van der Waals surface area contributed by atoms with Gasteiger partial charge in [0.25, 0.3) is 0 Å². The van der Waals surface area contributed by atoms with Crippen molar-refractivity contribution in [2.45, 2.75) is 24.3 Å². The molecule has 6 heteroatoms. The van der Waals surface area contributed by atoms with E-state index in [1.54, 1.807) is 6.92 Å². The van der Waals surface area contributed by atoms with E-state index in [2.05, 4.69) is 5.32 Å². The number of thioether (sulfide) groups is 1. The third-order valence-corrected chi connectivity index (χ3v) is 3.17. The molecular weight excluding hydrogens is 260 g/mol. The van der Waals surface area contributed by atoms with E-state index in [0.29, 0.717) is 10.6 Å². The highest BCUT2D eigenvalue weighted by atomic mass is 32.2. The second-order valence-electron chi connectivity index (χ2n) is 3.83. The predicted molar refractivity (Wildman–Crippen MR) is 66.4 cm³/mol. The zero-order valence-electron chi connectivity index (χ0n) is 9.95. The molecule has 0 saturated carbocycles. The van der Waals surface area contributed by atoms with Gasteiger partial charge in [0.2, 0.25) is 5.91 Å². The van der Waals surface area contributed by atoms with E-state index in [-0.39, 0.29) is 25.0 Å². The van der Waals surface area contributed by atoms with E-state index < -0.39 is 11.6 Å². The summed E-state index contributed by atoms with van der Waals surface area (Å²) in [7, 11) is 0. The number of amides is 1. The van der Waals surface area contributed by atoms with Crippen molar-refractivity contribution in [3.63, 3.8) is 0 Å². The molecule has 0 radical (unpaired) electrons. The van der Waals surface area contributed by atoms with Crippen molar-refractivity contribution < 1.29 is 18.7 Å². The maximum Gasteiger partial charge on any atom is 0.221 e. The number of hydrogen-bond acceptors (Lipinski definition) is 3. The summed E-state index contributed by atoms with van der Waals surface area (Å²) in [6, 6.07) is 3.36. The molecule has 1 rings (SSSR count). The number of hydrogen-bond donors (Lipinski definition) is 2. The van der Waals surface area contributed by atoms with Crippen LogP contribution in [0.5, 0.6) is 0 Å². The van der Waals surface area contributed by atoms with Crippen LogP contribution < -0.4 is 5.32 Å². The first kappa shape index (κ1) is 14.9. The van der Waals surface area contributed by atoms with Crippen LogP contribution in [0.1, 0.15) is 13.3 Å². The van der Waals surface area contributed by atoms with Gasteiger partial charge in [0.05, 0.1) is 6.61 Å². The second kappa shape index (κ2) is 7.33. The van der Waals surface area contributed by atoms with Crippen molar-refractivity contribution >= 4 is 17.7 Å². The summed E-state index contributed by atoms with van der Waals surface area (Å²) >= 11 is 1.28. The Kier molecular flexibility index (Phi) is 6.07. The van der Waals surface area contributed by atoms with Crippen molar-refractivity contribution in [1.82, 2.24) is 5.32 Å². The molecule has 0 fully saturated rings. The lowest BCUT2D eigenvalue weighted by Gasteiger charge is -2.10. The van der Waals surface area contributed by atoms with Crippen molar-refractivity contribution in [2.75, 3.05) is 12.4 Å². The highest BCUT2D eigenvalue weighted by Crippen LogP contribution is 2.20. The van der Waals surface area contributed by atoms with Crippen molar-refractivity contribution in [2.24, 2.45) is 0 Å².